The van der Waals surface area contributed by atoms with E-state index in [-0.39, 0.29) is 16.8 Å². The van der Waals surface area contributed by atoms with Gasteiger partial charge >= 0.3 is 0 Å². The number of nitrogens with zero attached hydrogens (tertiary/aromatic N) is 2. The molecule has 35 heavy (non-hydrogen) atoms. The first-order chi connectivity index (χ1) is 16.4. The molecule has 3 aromatic rings. The fraction of sp³-hybridized carbons (Fsp3) is 0.321. The van der Waals surface area contributed by atoms with Crippen LogP contribution in [0.3, 0.4) is 0 Å². The molecule has 0 unspecified atom stereocenters. The third kappa shape index (κ3) is 6.42. The Bertz CT molecular complexity index is 1250. The van der Waals surface area contributed by atoms with Crippen molar-refractivity contribution in [2.75, 3.05) is 23.7 Å². The van der Waals surface area contributed by atoms with Crippen LogP contribution in [0.2, 0.25) is 0 Å². The Morgan fingerprint density at radius 3 is 2.03 bits per heavy atom. The summed E-state index contributed by atoms with van der Waals surface area (Å²) in [4.78, 5) is 17.6. The summed E-state index contributed by atoms with van der Waals surface area (Å²) in [6.07, 6.45) is 0. The van der Waals surface area contributed by atoms with E-state index >= 15 is 0 Å². The van der Waals surface area contributed by atoms with Crippen molar-refractivity contribution in [3.8, 4) is 0 Å². The Morgan fingerprint density at radius 2 is 1.49 bits per heavy atom. The van der Waals surface area contributed by atoms with Crippen LogP contribution in [0.5, 0.6) is 0 Å². The molecule has 0 fully saturated rings. The van der Waals surface area contributed by atoms with Crippen LogP contribution in [0.25, 0.3) is 0 Å². The van der Waals surface area contributed by atoms with Gasteiger partial charge in [0.05, 0.1) is 10.9 Å². The fourth-order valence-corrected chi connectivity index (χ4v) is 5.01. The molecule has 1 N–H and O–H groups in total. The summed E-state index contributed by atoms with van der Waals surface area (Å²) in [5.74, 6) is 0.0221. The van der Waals surface area contributed by atoms with Crippen molar-refractivity contribution in [1.82, 2.24) is 4.90 Å². The lowest BCUT2D eigenvalue weighted by atomic mass is 9.92. The summed E-state index contributed by atoms with van der Waals surface area (Å²) in [5.41, 5.74) is 2.68. The van der Waals surface area contributed by atoms with Crippen LogP contribution < -0.4 is 9.62 Å². The highest BCUT2D eigenvalue weighted by Crippen LogP contribution is 2.32. The van der Waals surface area contributed by atoms with Gasteiger partial charge in [0.25, 0.3) is 10.0 Å². The van der Waals surface area contributed by atoms with E-state index in [1.165, 1.54) is 0 Å². The summed E-state index contributed by atoms with van der Waals surface area (Å²) in [7, 11) is 0.133. The van der Waals surface area contributed by atoms with Crippen molar-refractivity contribution >= 4 is 27.3 Å². The number of amides is 1. The molecule has 0 aliphatic rings. The number of rotatable bonds is 8. The second kappa shape index (κ2) is 10.5. The fourth-order valence-electron chi connectivity index (χ4n) is 3.94. The highest BCUT2D eigenvalue weighted by molar-refractivity contribution is 7.92. The van der Waals surface area contributed by atoms with Crippen LogP contribution in [-0.2, 0) is 21.4 Å². The molecule has 7 heteroatoms. The maximum atomic E-state index is 13.6. The molecular weight excluding hydrogens is 458 g/mol. The summed E-state index contributed by atoms with van der Waals surface area (Å²) in [5, 5.41) is 0. The van der Waals surface area contributed by atoms with Gasteiger partial charge in [-0.25, -0.2) is 8.42 Å². The van der Waals surface area contributed by atoms with Crippen molar-refractivity contribution in [3.05, 3.63) is 90.0 Å². The highest BCUT2D eigenvalue weighted by atomic mass is 32.2. The molecule has 0 bridgehead atoms. The number of hydrogen-bond donors (Lipinski definition) is 1. The van der Waals surface area contributed by atoms with E-state index in [2.05, 4.69) is 4.72 Å². The minimum absolute atomic E-state index is 0.0221. The first-order valence-electron chi connectivity index (χ1n) is 11.6. The Hall–Kier alpha value is -3.32. The molecule has 1 amide bonds. The summed E-state index contributed by atoms with van der Waals surface area (Å²) in [6.45, 7) is 8.10. The molecule has 0 aromatic heterocycles. The van der Waals surface area contributed by atoms with Crippen molar-refractivity contribution in [3.63, 3.8) is 0 Å². The van der Waals surface area contributed by atoms with Gasteiger partial charge in [-0.05, 0) is 48.4 Å². The summed E-state index contributed by atoms with van der Waals surface area (Å²) < 4.78 is 28.5. The SMILES string of the molecule is C[C@H](c1ccccc1)N(Cc1cc(NS(=O)(=O)c2ccccc2)ccc1N(C)C)C(=O)C(C)(C)C. The Balaban J connectivity index is 2.02. The van der Waals surface area contributed by atoms with Crippen LogP contribution in [0.15, 0.2) is 83.8 Å². The van der Waals surface area contributed by atoms with Gasteiger partial charge in [0.1, 0.15) is 0 Å². The summed E-state index contributed by atoms with van der Waals surface area (Å²) in [6, 6.07) is 23.5. The molecule has 3 rings (SSSR count). The predicted octanol–water partition coefficient (Wildman–Crippen LogP) is 5.69. The number of sulfonamides is 1. The third-order valence-electron chi connectivity index (χ3n) is 5.86. The Morgan fingerprint density at radius 1 is 0.914 bits per heavy atom. The number of nitrogens with one attached hydrogen (secondary N) is 1. The third-order valence-corrected chi connectivity index (χ3v) is 7.26. The van der Waals surface area contributed by atoms with Gasteiger partial charge in [0.2, 0.25) is 5.91 Å². The van der Waals surface area contributed by atoms with Crippen LogP contribution in [-0.4, -0.2) is 33.3 Å². The quantitative estimate of drug-likeness (QED) is 0.438. The Labute approximate surface area is 209 Å². The molecule has 0 radical (unpaired) electrons. The zero-order chi connectivity index (χ0) is 25.8. The topological polar surface area (TPSA) is 69.7 Å². The van der Waals surface area contributed by atoms with Crippen molar-refractivity contribution in [1.29, 1.82) is 0 Å². The van der Waals surface area contributed by atoms with Gasteiger partial charge in [0, 0.05) is 37.4 Å². The largest absolute Gasteiger partial charge is 0.377 e. The molecule has 186 valence electrons. The van der Waals surface area contributed by atoms with Gasteiger partial charge in [-0.1, -0.05) is 69.3 Å². The molecule has 3 aromatic carbocycles. The van der Waals surface area contributed by atoms with Crippen LogP contribution >= 0.6 is 0 Å². The molecule has 1 atom stereocenters. The molecule has 0 saturated heterocycles. The second-order valence-electron chi connectivity index (χ2n) is 9.93. The zero-order valence-corrected chi connectivity index (χ0v) is 22.1. The van der Waals surface area contributed by atoms with Gasteiger partial charge in [-0.15, -0.1) is 0 Å². The number of benzene rings is 3. The van der Waals surface area contributed by atoms with Gasteiger partial charge in [-0.2, -0.15) is 0 Å². The lowest BCUT2D eigenvalue weighted by Crippen LogP contribution is -2.40. The standard InChI is InChI=1S/C28H35N3O3S/c1-21(22-13-9-7-10-14-22)31(27(32)28(2,3)4)20-23-19-24(17-18-26(23)30(5)6)29-35(33,34)25-15-11-8-12-16-25/h7-19,21,29H,20H2,1-6H3/t21-/m1/s1. The van der Waals surface area contributed by atoms with Crippen LogP contribution in [0.1, 0.15) is 44.9 Å². The Kier molecular flexibility index (Phi) is 7.90. The normalized spacial score (nSPS) is 12.6. The van der Waals surface area contributed by atoms with Crippen molar-refractivity contribution < 1.29 is 13.2 Å². The van der Waals surface area contributed by atoms with Crippen molar-refractivity contribution in [2.24, 2.45) is 5.41 Å². The minimum atomic E-state index is -3.73. The molecule has 0 spiro atoms. The number of anilines is 2. The van der Waals surface area contributed by atoms with E-state index in [0.717, 1.165) is 16.8 Å². The second-order valence-corrected chi connectivity index (χ2v) is 11.6. The maximum Gasteiger partial charge on any atom is 0.261 e. The molecule has 0 heterocycles. The minimum Gasteiger partial charge on any atom is -0.377 e. The van der Waals surface area contributed by atoms with E-state index < -0.39 is 15.4 Å². The van der Waals surface area contributed by atoms with E-state index in [1.54, 1.807) is 36.4 Å². The monoisotopic (exact) mass is 493 g/mol. The van der Waals surface area contributed by atoms with Gasteiger partial charge < -0.3 is 9.80 Å². The molecule has 6 nitrogen and oxygen atoms in total. The predicted molar refractivity (Wildman–Crippen MR) is 143 cm³/mol. The average Bonchev–Trinajstić information content (AvgIpc) is 2.82. The number of carbonyl (C=O) groups is 1. The first kappa shape index (κ1) is 26.3. The van der Waals surface area contributed by atoms with E-state index in [0.29, 0.717) is 12.2 Å². The van der Waals surface area contributed by atoms with E-state index in [9.17, 15) is 13.2 Å². The van der Waals surface area contributed by atoms with Crippen LogP contribution in [0.4, 0.5) is 11.4 Å². The lowest BCUT2D eigenvalue weighted by Gasteiger charge is -2.35. The zero-order valence-electron chi connectivity index (χ0n) is 21.3. The van der Waals surface area contributed by atoms with E-state index in [4.69, 9.17) is 0 Å². The average molecular weight is 494 g/mol. The number of carbonyl (C=O) groups excluding carboxylic acids is 1. The van der Waals surface area contributed by atoms with Crippen LogP contribution in [0, 0.1) is 5.41 Å². The molecule has 0 aliphatic carbocycles. The molecular formula is C28H35N3O3S. The van der Waals surface area contributed by atoms with Gasteiger partial charge in [-0.3, -0.25) is 9.52 Å². The smallest absolute Gasteiger partial charge is 0.261 e. The maximum absolute atomic E-state index is 13.6. The van der Waals surface area contributed by atoms with Gasteiger partial charge in [0.15, 0.2) is 0 Å². The first-order valence-corrected chi connectivity index (χ1v) is 13.1. The molecule has 0 aliphatic heterocycles. The molecule has 0 saturated carbocycles. The summed E-state index contributed by atoms with van der Waals surface area (Å²) >= 11 is 0. The van der Waals surface area contributed by atoms with E-state index in [1.807, 2.05) is 94.1 Å². The highest BCUT2D eigenvalue weighted by Gasteiger charge is 2.31. The lowest BCUT2D eigenvalue weighted by molar-refractivity contribution is -0.142. The number of hydrogen-bond acceptors (Lipinski definition) is 4. The van der Waals surface area contributed by atoms with Crippen molar-refractivity contribution in [2.45, 2.75) is 45.2 Å².